The minimum absolute atomic E-state index is 0.0477. The summed E-state index contributed by atoms with van der Waals surface area (Å²) in [4.78, 5) is 20.0. The van der Waals surface area contributed by atoms with Gasteiger partial charge >= 0.3 is 0 Å². The molecule has 4 rings (SSSR count). The number of carbonyl (C=O) groups is 1. The molecule has 0 bridgehead atoms. The smallest absolute Gasteiger partial charge is 0.272 e. The molecule has 1 unspecified atom stereocenters. The Bertz CT molecular complexity index is 1440. The number of hydrogen-bond donors (Lipinski definition) is 2. The summed E-state index contributed by atoms with van der Waals surface area (Å²) < 4.78 is 0. The van der Waals surface area contributed by atoms with Gasteiger partial charge in [0.1, 0.15) is 0 Å². The Kier molecular flexibility index (Phi) is 8.13. The summed E-state index contributed by atoms with van der Waals surface area (Å²) in [5.41, 5.74) is 5.78. The van der Waals surface area contributed by atoms with Crippen molar-refractivity contribution < 1.29 is 4.79 Å². The molecule has 39 heavy (non-hydrogen) atoms. The molecule has 1 aliphatic rings. The monoisotopic (exact) mass is 580 g/mol. The van der Waals surface area contributed by atoms with E-state index in [0.29, 0.717) is 37.7 Å². The van der Waals surface area contributed by atoms with Crippen molar-refractivity contribution in [2.24, 2.45) is 4.99 Å². The number of rotatable bonds is 3. The topological polar surface area (TPSA) is 56.7 Å². The molecule has 1 heterocycles. The van der Waals surface area contributed by atoms with E-state index in [2.05, 4.69) is 70.4 Å². The molecule has 0 aromatic heterocycles. The molecule has 1 aliphatic heterocycles. The normalized spacial score (nSPS) is 15.8. The molecule has 1 amide bonds. The number of aliphatic imine (C=N–C) groups is 1. The Labute approximate surface area is 246 Å². The lowest BCUT2D eigenvalue weighted by atomic mass is 9.80. The van der Waals surface area contributed by atoms with E-state index in [1.807, 2.05) is 24.3 Å². The van der Waals surface area contributed by atoms with E-state index in [9.17, 15) is 4.79 Å². The van der Waals surface area contributed by atoms with Crippen LogP contribution >= 0.6 is 35.4 Å². The maximum atomic E-state index is 13.6. The second-order valence-corrected chi connectivity index (χ2v) is 13.1. The van der Waals surface area contributed by atoms with Crippen molar-refractivity contribution >= 4 is 63.5 Å². The van der Waals surface area contributed by atoms with Gasteiger partial charge in [-0.25, -0.2) is 4.99 Å². The molecule has 3 aromatic rings. The van der Waals surface area contributed by atoms with Gasteiger partial charge in [-0.15, -0.1) is 0 Å². The minimum atomic E-state index is -0.986. The van der Waals surface area contributed by atoms with Crippen molar-refractivity contribution in [1.29, 1.82) is 0 Å². The summed E-state index contributed by atoms with van der Waals surface area (Å²) >= 11 is 18.7. The van der Waals surface area contributed by atoms with E-state index >= 15 is 0 Å². The highest BCUT2D eigenvalue weighted by Crippen LogP contribution is 2.33. The largest absolute Gasteiger partial charge is 0.333 e. The number of nitrogens with one attached hydrogen (secondary N) is 2. The van der Waals surface area contributed by atoms with Crippen molar-refractivity contribution in [2.75, 3.05) is 17.3 Å². The molecule has 0 spiro atoms. The van der Waals surface area contributed by atoms with Crippen LogP contribution in [0.15, 0.2) is 65.7 Å². The molecule has 0 saturated carbocycles. The molecule has 0 fully saturated rings. The van der Waals surface area contributed by atoms with Crippen LogP contribution in [0.25, 0.3) is 0 Å². The van der Waals surface area contributed by atoms with Crippen LogP contribution in [-0.2, 0) is 15.6 Å². The van der Waals surface area contributed by atoms with Gasteiger partial charge in [0.05, 0.1) is 11.4 Å². The summed E-state index contributed by atoms with van der Waals surface area (Å²) in [7, 11) is 1.72. The van der Waals surface area contributed by atoms with E-state index in [-0.39, 0.29) is 16.7 Å². The zero-order chi connectivity index (χ0) is 28.7. The third kappa shape index (κ3) is 6.46. The first kappa shape index (κ1) is 29.1. The summed E-state index contributed by atoms with van der Waals surface area (Å²) in [6.45, 7) is 13.1. The number of hydrogen-bond acceptors (Lipinski definition) is 3. The Hall–Kier alpha value is -2.93. The molecule has 3 aromatic carbocycles. The Morgan fingerprint density at radius 2 is 1.51 bits per heavy atom. The van der Waals surface area contributed by atoms with Crippen molar-refractivity contribution in [3.05, 3.63) is 93.0 Å². The van der Waals surface area contributed by atoms with Gasteiger partial charge in [-0.3, -0.25) is 4.79 Å². The summed E-state index contributed by atoms with van der Waals surface area (Å²) in [6.07, 6.45) is -0.986. The van der Waals surface area contributed by atoms with Crippen LogP contribution < -0.4 is 15.5 Å². The molecule has 1 atom stereocenters. The summed E-state index contributed by atoms with van der Waals surface area (Å²) in [5, 5.41) is 7.78. The molecule has 2 N–H and O–H groups in total. The average Bonchev–Trinajstić information content (AvgIpc) is 2.93. The molecular weight excluding hydrogens is 547 g/mol. The number of thiocarbonyl (C=S) groups is 1. The van der Waals surface area contributed by atoms with E-state index in [4.69, 9.17) is 40.4 Å². The third-order valence-electron chi connectivity index (χ3n) is 6.72. The zero-order valence-corrected chi connectivity index (χ0v) is 25.6. The molecule has 0 radical (unpaired) electrons. The Morgan fingerprint density at radius 1 is 0.897 bits per heavy atom. The summed E-state index contributed by atoms with van der Waals surface area (Å²) in [6, 6.07) is 19.2. The van der Waals surface area contributed by atoms with Gasteiger partial charge < -0.3 is 15.5 Å². The molecule has 5 nitrogen and oxygen atoms in total. The Balaban J connectivity index is 1.72. The van der Waals surface area contributed by atoms with E-state index in [1.165, 1.54) is 11.1 Å². The zero-order valence-electron chi connectivity index (χ0n) is 23.3. The fourth-order valence-corrected chi connectivity index (χ4v) is 4.99. The van der Waals surface area contributed by atoms with Crippen molar-refractivity contribution in [3.8, 4) is 0 Å². The predicted molar refractivity (Wildman–Crippen MR) is 169 cm³/mol. The van der Waals surface area contributed by atoms with E-state index in [0.717, 1.165) is 5.69 Å². The first-order chi connectivity index (χ1) is 18.1. The van der Waals surface area contributed by atoms with Gasteiger partial charge in [-0.05, 0) is 70.6 Å². The standard InChI is InChI=1S/C31H34Cl2N4OS/c1-30(2,3)18-14-19(31(4,5)6)16-21(15-18)34-29(39)36-27-28(38)37(7)25-13-12-20(32)17-23(25)26(35-27)22-10-8-9-11-24(22)33/h8-17,27H,1-7H3,(H2,34,36,39). The van der Waals surface area contributed by atoms with Crippen LogP contribution in [-0.4, -0.2) is 29.9 Å². The average molecular weight is 582 g/mol. The van der Waals surface area contributed by atoms with Gasteiger partial charge in [0.15, 0.2) is 5.11 Å². The fraction of sp³-hybridized carbons (Fsp3) is 0.323. The second-order valence-electron chi connectivity index (χ2n) is 11.8. The first-order valence-electron chi connectivity index (χ1n) is 12.8. The van der Waals surface area contributed by atoms with Crippen LogP contribution in [0.5, 0.6) is 0 Å². The number of amides is 1. The van der Waals surface area contributed by atoms with Crippen LogP contribution in [0, 0.1) is 0 Å². The van der Waals surface area contributed by atoms with Gasteiger partial charge in [-0.2, -0.15) is 0 Å². The Morgan fingerprint density at radius 3 is 2.10 bits per heavy atom. The maximum absolute atomic E-state index is 13.6. The van der Waals surface area contributed by atoms with Crippen molar-refractivity contribution in [1.82, 2.24) is 5.32 Å². The maximum Gasteiger partial charge on any atom is 0.272 e. The lowest BCUT2D eigenvalue weighted by Crippen LogP contribution is -2.47. The highest BCUT2D eigenvalue weighted by molar-refractivity contribution is 7.80. The number of carbonyl (C=O) groups excluding carboxylic acids is 1. The van der Waals surface area contributed by atoms with Crippen molar-refractivity contribution in [2.45, 2.75) is 58.5 Å². The van der Waals surface area contributed by atoms with Crippen LogP contribution in [0.2, 0.25) is 10.0 Å². The number of benzodiazepines with no additional fused rings is 1. The number of likely N-dealkylation sites (N-methyl/N-ethyl adjacent to an activating group) is 1. The third-order valence-corrected chi connectivity index (χ3v) is 7.50. The highest BCUT2D eigenvalue weighted by Gasteiger charge is 2.31. The SMILES string of the molecule is CN1C(=O)C(NC(=S)Nc2cc(C(C)(C)C)cc(C(C)(C)C)c2)N=C(c2ccccc2Cl)c2cc(Cl)ccc21. The first-order valence-corrected chi connectivity index (χ1v) is 14.0. The van der Waals surface area contributed by atoms with Gasteiger partial charge in [0, 0.05) is 33.9 Å². The van der Waals surface area contributed by atoms with Gasteiger partial charge in [0.2, 0.25) is 6.17 Å². The molecular formula is C31H34Cl2N4OS. The molecule has 204 valence electrons. The number of anilines is 2. The van der Waals surface area contributed by atoms with Crippen LogP contribution in [0.4, 0.5) is 11.4 Å². The second kappa shape index (κ2) is 10.9. The molecule has 8 heteroatoms. The van der Waals surface area contributed by atoms with E-state index < -0.39 is 6.17 Å². The lowest BCUT2D eigenvalue weighted by molar-refractivity contribution is -0.119. The van der Waals surface area contributed by atoms with Gasteiger partial charge in [-0.1, -0.05) is 89.0 Å². The van der Waals surface area contributed by atoms with E-state index in [1.54, 1.807) is 30.1 Å². The number of benzene rings is 3. The van der Waals surface area contributed by atoms with Gasteiger partial charge in [0.25, 0.3) is 5.91 Å². The van der Waals surface area contributed by atoms with Crippen LogP contribution in [0.3, 0.4) is 0 Å². The number of halogens is 2. The predicted octanol–water partition coefficient (Wildman–Crippen LogP) is 7.71. The molecule has 0 saturated heterocycles. The number of nitrogens with zero attached hydrogens (tertiary/aromatic N) is 2. The van der Waals surface area contributed by atoms with Crippen LogP contribution in [0.1, 0.15) is 63.8 Å². The minimum Gasteiger partial charge on any atom is -0.333 e. The quantitative estimate of drug-likeness (QED) is 0.311. The number of fused-ring (bicyclic) bond motifs is 1. The fourth-order valence-electron chi connectivity index (χ4n) is 4.37. The summed E-state index contributed by atoms with van der Waals surface area (Å²) in [5.74, 6) is -0.261. The van der Waals surface area contributed by atoms with Crippen molar-refractivity contribution in [3.63, 3.8) is 0 Å². The molecule has 0 aliphatic carbocycles. The lowest BCUT2D eigenvalue weighted by Gasteiger charge is -2.27. The highest BCUT2D eigenvalue weighted by atomic mass is 35.5.